The van der Waals surface area contributed by atoms with Crippen LogP contribution in [-0.4, -0.2) is 10.1 Å². The van der Waals surface area contributed by atoms with Gasteiger partial charge in [0.1, 0.15) is 5.75 Å². The Hall–Kier alpha value is -2.26. The first-order chi connectivity index (χ1) is 9.58. The van der Waals surface area contributed by atoms with Crippen molar-refractivity contribution in [3.8, 4) is 16.9 Å². The molecule has 2 aromatic carbocycles. The summed E-state index contributed by atoms with van der Waals surface area (Å²) in [5, 5.41) is 11.5. The Balaban J connectivity index is 2.43. The summed E-state index contributed by atoms with van der Waals surface area (Å²) in [6.45, 7) is 1.90. The third-order valence-electron chi connectivity index (χ3n) is 3.36. The summed E-state index contributed by atoms with van der Waals surface area (Å²) in [6, 6.07) is 12.4. The number of benzene rings is 2. The summed E-state index contributed by atoms with van der Waals surface area (Å²) >= 11 is 5.96. The van der Waals surface area contributed by atoms with Crippen LogP contribution >= 0.6 is 11.6 Å². The molecule has 20 heavy (non-hydrogen) atoms. The fourth-order valence-corrected chi connectivity index (χ4v) is 2.52. The van der Waals surface area contributed by atoms with Gasteiger partial charge in [0.05, 0.1) is 11.1 Å². The van der Waals surface area contributed by atoms with E-state index in [9.17, 15) is 9.90 Å². The highest BCUT2D eigenvalue weighted by Crippen LogP contribution is 2.34. The van der Waals surface area contributed by atoms with Gasteiger partial charge >= 0.3 is 0 Å². The van der Waals surface area contributed by atoms with Crippen LogP contribution in [0.25, 0.3) is 22.0 Å². The van der Waals surface area contributed by atoms with Crippen LogP contribution < -0.4 is 5.56 Å². The first kappa shape index (κ1) is 12.8. The summed E-state index contributed by atoms with van der Waals surface area (Å²) in [6.07, 6.45) is 0. The normalized spacial score (nSPS) is 10.9. The number of aromatic amines is 1. The Kier molecular flexibility index (Phi) is 2.99. The third-order valence-corrected chi connectivity index (χ3v) is 3.60. The quantitative estimate of drug-likeness (QED) is 0.713. The predicted molar refractivity (Wildman–Crippen MR) is 81.4 cm³/mol. The molecule has 0 unspecified atom stereocenters. The van der Waals surface area contributed by atoms with Crippen molar-refractivity contribution < 1.29 is 5.11 Å². The molecule has 0 saturated carbocycles. The van der Waals surface area contributed by atoms with Gasteiger partial charge in [0, 0.05) is 10.4 Å². The molecule has 3 nitrogen and oxygen atoms in total. The predicted octanol–water partition coefficient (Wildman–Crippen LogP) is 3.86. The molecular formula is C16H12ClNO2. The van der Waals surface area contributed by atoms with Gasteiger partial charge < -0.3 is 10.1 Å². The Morgan fingerprint density at radius 2 is 1.90 bits per heavy atom. The lowest BCUT2D eigenvalue weighted by Crippen LogP contribution is -2.10. The van der Waals surface area contributed by atoms with E-state index >= 15 is 0 Å². The van der Waals surface area contributed by atoms with Gasteiger partial charge in [0.15, 0.2) is 0 Å². The summed E-state index contributed by atoms with van der Waals surface area (Å²) < 4.78 is 0. The average Bonchev–Trinajstić information content (AvgIpc) is 2.42. The highest BCUT2D eigenvalue weighted by molar-refractivity contribution is 6.31. The first-order valence-electron chi connectivity index (χ1n) is 6.18. The highest BCUT2D eigenvalue weighted by Gasteiger charge is 2.15. The number of aromatic hydroxyl groups is 1. The van der Waals surface area contributed by atoms with E-state index in [1.807, 2.05) is 31.2 Å². The van der Waals surface area contributed by atoms with E-state index in [1.54, 1.807) is 18.2 Å². The Bertz CT molecular complexity index is 868. The monoisotopic (exact) mass is 285 g/mol. The van der Waals surface area contributed by atoms with Crippen molar-refractivity contribution in [1.29, 1.82) is 0 Å². The minimum absolute atomic E-state index is 0.0412. The fraction of sp³-hybridized carbons (Fsp3) is 0.0625. The second-order valence-corrected chi connectivity index (χ2v) is 5.12. The van der Waals surface area contributed by atoms with E-state index in [2.05, 4.69) is 4.98 Å². The minimum atomic E-state index is -0.313. The van der Waals surface area contributed by atoms with Crippen LogP contribution in [0.2, 0.25) is 5.02 Å². The van der Waals surface area contributed by atoms with Crippen molar-refractivity contribution in [2.45, 2.75) is 6.92 Å². The first-order valence-corrected chi connectivity index (χ1v) is 6.56. The Morgan fingerprint density at radius 3 is 2.65 bits per heavy atom. The number of nitrogens with one attached hydrogen (secondary N) is 1. The zero-order chi connectivity index (χ0) is 14.3. The number of rotatable bonds is 1. The zero-order valence-corrected chi connectivity index (χ0v) is 11.5. The van der Waals surface area contributed by atoms with Gasteiger partial charge in [0.25, 0.3) is 5.56 Å². The van der Waals surface area contributed by atoms with Crippen molar-refractivity contribution in [3.05, 3.63) is 63.4 Å². The molecule has 0 radical (unpaired) electrons. The Labute approximate surface area is 120 Å². The molecular weight excluding hydrogens is 274 g/mol. The van der Waals surface area contributed by atoms with Crippen LogP contribution in [-0.2, 0) is 0 Å². The Morgan fingerprint density at radius 1 is 1.15 bits per heavy atom. The SMILES string of the molecule is Cc1ccccc1-c1c(O)c2cc(Cl)ccc2[nH]c1=O. The molecule has 0 aliphatic carbocycles. The molecule has 0 spiro atoms. The molecule has 3 rings (SSSR count). The van der Waals surface area contributed by atoms with Crippen molar-refractivity contribution >= 4 is 22.5 Å². The number of halogens is 1. The molecule has 0 atom stereocenters. The van der Waals surface area contributed by atoms with Gasteiger partial charge in [-0.2, -0.15) is 0 Å². The number of fused-ring (bicyclic) bond motifs is 1. The molecule has 0 amide bonds. The van der Waals surface area contributed by atoms with Crippen molar-refractivity contribution in [1.82, 2.24) is 4.98 Å². The number of hydrogen-bond acceptors (Lipinski definition) is 2. The average molecular weight is 286 g/mol. The lowest BCUT2D eigenvalue weighted by Gasteiger charge is -2.10. The van der Waals surface area contributed by atoms with E-state index in [4.69, 9.17) is 11.6 Å². The molecule has 2 N–H and O–H groups in total. The van der Waals surface area contributed by atoms with Crippen LogP contribution in [0.4, 0.5) is 0 Å². The van der Waals surface area contributed by atoms with Gasteiger partial charge in [-0.3, -0.25) is 4.79 Å². The smallest absolute Gasteiger partial charge is 0.260 e. The maximum Gasteiger partial charge on any atom is 0.260 e. The van der Waals surface area contributed by atoms with Gasteiger partial charge in [-0.15, -0.1) is 0 Å². The molecule has 0 fully saturated rings. The molecule has 0 saturated heterocycles. The maximum absolute atomic E-state index is 12.2. The topological polar surface area (TPSA) is 53.1 Å². The third kappa shape index (κ3) is 1.96. The van der Waals surface area contributed by atoms with Crippen LogP contribution in [0.15, 0.2) is 47.3 Å². The molecule has 100 valence electrons. The van der Waals surface area contributed by atoms with Crippen LogP contribution in [0.3, 0.4) is 0 Å². The number of aryl methyl sites for hydroxylation is 1. The summed E-state index contributed by atoms with van der Waals surface area (Å²) in [5.41, 5.74) is 2.17. The van der Waals surface area contributed by atoms with Crippen molar-refractivity contribution in [2.75, 3.05) is 0 Å². The van der Waals surface area contributed by atoms with Gasteiger partial charge in [-0.25, -0.2) is 0 Å². The molecule has 1 aromatic heterocycles. The number of pyridine rings is 1. The standard InChI is InChI=1S/C16H12ClNO2/c1-9-4-2-3-5-11(9)14-15(19)12-8-10(17)6-7-13(12)18-16(14)20/h2-8H,1H3,(H2,18,19,20). The second-order valence-electron chi connectivity index (χ2n) is 4.68. The summed E-state index contributed by atoms with van der Waals surface area (Å²) in [4.78, 5) is 15.0. The molecule has 4 heteroatoms. The molecule has 1 heterocycles. The second kappa shape index (κ2) is 4.69. The fourth-order valence-electron chi connectivity index (χ4n) is 2.35. The van der Waals surface area contributed by atoms with Crippen LogP contribution in [0.5, 0.6) is 5.75 Å². The van der Waals surface area contributed by atoms with Gasteiger partial charge in [0.2, 0.25) is 0 Å². The lowest BCUT2D eigenvalue weighted by molar-refractivity contribution is 0.482. The van der Waals surface area contributed by atoms with Crippen LogP contribution in [0.1, 0.15) is 5.56 Å². The minimum Gasteiger partial charge on any atom is -0.506 e. The van der Waals surface area contributed by atoms with E-state index in [0.717, 1.165) is 5.56 Å². The van der Waals surface area contributed by atoms with Crippen molar-refractivity contribution in [2.24, 2.45) is 0 Å². The van der Waals surface area contributed by atoms with E-state index in [1.165, 1.54) is 0 Å². The molecule has 3 aromatic rings. The number of H-pyrrole nitrogens is 1. The van der Waals surface area contributed by atoms with Crippen LogP contribution in [0, 0.1) is 6.92 Å². The maximum atomic E-state index is 12.2. The largest absolute Gasteiger partial charge is 0.506 e. The van der Waals surface area contributed by atoms with E-state index in [-0.39, 0.29) is 16.9 Å². The van der Waals surface area contributed by atoms with E-state index in [0.29, 0.717) is 21.5 Å². The molecule has 0 aliphatic heterocycles. The highest BCUT2D eigenvalue weighted by atomic mass is 35.5. The number of hydrogen-bond donors (Lipinski definition) is 2. The molecule has 0 bridgehead atoms. The zero-order valence-electron chi connectivity index (χ0n) is 10.8. The van der Waals surface area contributed by atoms with E-state index < -0.39 is 0 Å². The summed E-state index contributed by atoms with van der Waals surface area (Å²) in [7, 11) is 0. The van der Waals surface area contributed by atoms with Gasteiger partial charge in [-0.1, -0.05) is 35.9 Å². The number of aromatic nitrogens is 1. The summed E-state index contributed by atoms with van der Waals surface area (Å²) in [5.74, 6) is -0.0412. The van der Waals surface area contributed by atoms with Gasteiger partial charge in [-0.05, 0) is 36.2 Å². The van der Waals surface area contributed by atoms with Crippen molar-refractivity contribution in [3.63, 3.8) is 0 Å². The molecule has 0 aliphatic rings. The lowest BCUT2D eigenvalue weighted by atomic mass is 9.99.